The van der Waals surface area contributed by atoms with Crippen molar-refractivity contribution in [1.82, 2.24) is 29.4 Å². The van der Waals surface area contributed by atoms with Crippen LogP contribution in [-0.2, 0) is 32.3 Å². The molecular formula is C43H54N8O7S. The van der Waals surface area contributed by atoms with Gasteiger partial charge in [0.2, 0.25) is 11.9 Å². The first-order valence-corrected chi connectivity index (χ1v) is 21.7. The van der Waals surface area contributed by atoms with E-state index >= 15 is 0 Å². The molecule has 3 fully saturated rings. The Morgan fingerprint density at radius 1 is 1.10 bits per heavy atom. The molecule has 1 aromatic heterocycles. The van der Waals surface area contributed by atoms with Gasteiger partial charge in [-0.25, -0.2) is 4.98 Å². The number of allylic oxidation sites excluding steroid dienone is 1. The quantitative estimate of drug-likeness (QED) is 0.102. The monoisotopic (exact) mass is 826 g/mol. The maximum absolute atomic E-state index is 13.7. The highest BCUT2D eigenvalue weighted by Crippen LogP contribution is 2.34. The number of benzene rings is 2. The predicted octanol–water partition coefficient (Wildman–Crippen LogP) is 3.86. The van der Waals surface area contributed by atoms with Gasteiger partial charge in [0, 0.05) is 94.3 Å². The van der Waals surface area contributed by atoms with Crippen molar-refractivity contribution in [3.63, 3.8) is 0 Å². The van der Waals surface area contributed by atoms with E-state index in [-0.39, 0.29) is 43.3 Å². The van der Waals surface area contributed by atoms with Gasteiger partial charge in [-0.2, -0.15) is 4.98 Å². The van der Waals surface area contributed by atoms with E-state index in [0.29, 0.717) is 60.2 Å². The Morgan fingerprint density at radius 2 is 1.88 bits per heavy atom. The SMILES string of the molecule is CNC(=O)C(CCC=O)N1Cc2c(OCCN3CC(Oc4cccc([S+]([O-])N5CCC(Nc6ncc(/C=C\C=O)c(N(C)C7CCCC7)n6)CC5)c4)C3)cccc2C1=O. The Kier molecular flexibility index (Phi) is 14.1. The molecular weight excluding hydrogens is 773 g/mol. The zero-order valence-corrected chi connectivity index (χ0v) is 34.6. The number of aromatic nitrogens is 2. The Bertz CT molecular complexity index is 1980. The summed E-state index contributed by atoms with van der Waals surface area (Å²) in [6, 6.07) is 12.7. The van der Waals surface area contributed by atoms with Crippen LogP contribution in [0, 0.1) is 0 Å². The standard InChI is InChI=1S/C43H54N8O7S/c1-44-41(54)38(15-8-23-53)51-29-37-36(42(51)55)14-6-16-39(37)57-24-21-49-27-34(28-49)58-33-12-5-13-35(25-33)59(56)50-19-17-31(18-20-50)46-43-45-26-30(9-7-22-52)40(47-43)48(2)32-10-3-4-11-32/h5-7,9,12-14,16,22-23,25-26,31-32,34,38H,3-4,8,10-11,15,17-21,24,27-29H2,1-2H3,(H,44,54)(H,45,46,47)/b9-7-. The molecule has 16 heteroatoms. The fourth-order valence-corrected chi connectivity index (χ4v) is 9.66. The van der Waals surface area contributed by atoms with Crippen molar-refractivity contribution >= 4 is 53.6 Å². The fraction of sp³-hybridized carbons (Fsp3) is 0.488. The summed E-state index contributed by atoms with van der Waals surface area (Å²) in [5.41, 5.74) is 2.08. The van der Waals surface area contributed by atoms with Crippen LogP contribution >= 0.6 is 0 Å². The second-order valence-electron chi connectivity index (χ2n) is 15.5. The average Bonchev–Trinajstić information content (AvgIpc) is 3.91. The van der Waals surface area contributed by atoms with E-state index in [0.717, 1.165) is 68.3 Å². The third-order valence-corrected chi connectivity index (χ3v) is 13.2. The van der Waals surface area contributed by atoms with Crippen LogP contribution in [0.25, 0.3) is 6.08 Å². The second kappa shape index (κ2) is 19.8. The van der Waals surface area contributed by atoms with Crippen molar-refractivity contribution in [1.29, 1.82) is 0 Å². The number of likely N-dealkylation sites (tertiary alicyclic amines) is 1. The number of fused-ring (bicyclic) bond motifs is 1. The van der Waals surface area contributed by atoms with Gasteiger partial charge in [0.15, 0.2) is 4.90 Å². The lowest BCUT2D eigenvalue weighted by atomic mass is 10.1. The molecule has 2 unspecified atom stereocenters. The van der Waals surface area contributed by atoms with Gasteiger partial charge >= 0.3 is 0 Å². The molecule has 2 aromatic carbocycles. The molecule has 2 amide bonds. The number of aldehydes is 2. The van der Waals surface area contributed by atoms with E-state index < -0.39 is 17.4 Å². The smallest absolute Gasteiger partial charge is 0.255 e. The highest BCUT2D eigenvalue weighted by Gasteiger charge is 2.38. The van der Waals surface area contributed by atoms with Crippen molar-refractivity contribution in [2.24, 2.45) is 0 Å². The summed E-state index contributed by atoms with van der Waals surface area (Å²) < 4.78 is 28.1. The van der Waals surface area contributed by atoms with Gasteiger partial charge in [-0.15, -0.1) is 4.31 Å². The third-order valence-electron chi connectivity index (χ3n) is 11.7. The number of anilines is 2. The van der Waals surface area contributed by atoms with Crippen molar-refractivity contribution in [2.45, 2.75) is 87.0 Å². The molecule has 1 saturated carbocycles. The van der Waals surface area contributed by atoms with Crippen LogP contribution in [0.3, 0.4) is 0 Å². The molecule has 2 saturated heterocycles. The van der Waals surface area contributed by atoms with Crippen LogP contribution in [0.1, 0.15) is 72.9 Å². The van der Waals surface area contributed by atoms with Crippen LogP contribution in [0.2, 0.25) is 0 Å². The maximum Gasteiger partial charge on any atom is 0.255 e. The highest BCUT2D eigenvalue weighted by molar-refractivity contribution is 7.89. The first-order valence-electron chi connectivity index (χ1n) is 20.6. The Balaban J connectivity index is 0.853. The van der Waals surface area contributed by atoms with Crippen molar-refractivity contribution in [3.05, 3.63) is 71.4 Å². The molecule has 15 nitrogen and oxygen atoms in total. The summed E-state index contributed by atoms with van der Waals surface area (Å²) in [6.07, 6.45) is 13.2. The summed E-state index contributed by atoms with van der Waals surface area (Å²) in [6.45, 7) is 4.09. The van der Waals surface area contributed by atoms with Crippen LogP contribution in [-0.4, -0.2) is 131 Å². The van der Waals surface area contributed by atoms with Gasteiger partial charge < -0.3 is 39.3 Å². The lowest BCUT2D eigenvalue weighted by molar-refractivity contribution is -0.125. The van der Waals surface area contributed by atoms with Gasteiger partial charge in [0.25, 0.3) is 5.91 Å². The normalized spacial score (nSPS) is 19.0. The predicted molar refractivity (Wildman–Crippen MR) is 225 cm³/mol. The summed E-state index contributed by atoms with van der Waals surface area (Å²) >= 11 is -1.33. The number of piperidine rings is 1. The molecule has 2 atom stereocenters. The number of hydrogen-bond donors (Lipinski definition) is 2. The largest absolute Gasteiger partial charge is 0.593 e. The van der Waals surface area contributed by atoms with Gasteiger partial charge in [-0.3, -0.25) is 19.3 Å². The highest BCUT2D eigenvalue weighted by atomic mass is 32.2. The van der Waals surface area contributed by atoms with E-state index in [4.69, 9.17) is 14.5 Å². The van der Waals surface area contributed by atoms with Gasteiger partial charge in [0.05, 0.1) is 17.9 Å². The summed E-state index contributed by atoms with van der Waals surface area (Å²) in [5, 5.41) is 6.12. The van der Waals surface area contributed by atoms with Gasteiger partial charge in [-0.1, -0.05) is 25.0 Å². The number of carbonyl (C=O) groups excluding carboxylic acids is 4. The topological polar surface area (TPSA) is 173 Å². The zero-order valence-electron chi connectivity index (χ0n) is 33.8. The molecule has 7 rings (SSSR count). The molecule has 314 valence electrons. The fourth-order valence-electron chi connectivity index (χ4n) is 8.40. The average molecular weight is 827 g/mol. The minimum Gasteiger partial charge on any atom is -0.593 e. The van der Waals surface area contributed by atoms with Crippen molar-refractivity contribution in [3.8, 4) is 11.5 Å². The number of amides is 2. The molecule has 3 aliphatic heterocycles. The van der Waals surface area contributed by atoms with Crippen LogP contribution < -0.4 is 25.0 Å². The number of nitrogens with one attached hydrogen (secondary N) is 2. The number of hydrogen-bond acceptors (Lipinski definition) is 13. The molecule has 4 aliphatic rings. The molecule has 4 heterocycles. The molecule has 3 aromatic rings. The first-order chi connectivity index (χ1) is 28.8. The van der Waals surface area contributed by atoms with E-state index in [1.165, 1.54) is 30.9 Å². The summed E-state index contributed by atoms with van der Waals surface area (Å²) in [5.74, 6) is 2.14. The minimum atomic E-state index is -1.33. The molecule has 1 aliphatic carbocycles. The number of rotatable bonds is 19. The molecule has 0 radical (unpaired) electrons. The third kappa shape index (κ3) is 10.1. The van der Waals surface area contributed by atoms with Crippen molar-refractivity contribution < 1.29 is 33.2 Å². The second-order valence-corrected chi connectivity index (χ2v) is 17.0. The van der Waals surface area contributed by atoms with Crippen molar-refractivity contribution in [2.75, 3.05) is 63.6 Å². The van der Waals surface area contributed by atoms with Crippen LogP contribution in [0.4, 0.5) is 11.8 Å². The summed E-state index contributed by atoms with van der Waals surface area (Å²) in [7, 11) is 3.59. The maximum atomic E-state index is 13.7. The van der Waals surface area contributed by atoms with Crippen LogP contribution in [0.15, 0.2) is 59.6 Å². The lowest BCUT2D eigenvalue weighted by Gasteiger charge is -2.38. The van der Waals surface area contributed by atoms with Crippen LogP contribution in [0.5, 0.6) is 11.5 Å². The Hall–Kier alpha value is -5.03. The first kappa shape index (κ1) is 42.1. The number of carbonyl (C=O) groups is 4. The summed E-state index contributed by atoms with van der Waals surface area (Å²) in [4.78, 5) is 64.0. The molecule has 2 N–H and O–H groups in total. The minimum absolute atomic E-state index is 0.00328. The molecule has 0 bridgehead atoms. The number of ether oxygens (including phenoxy) is 2. The molecule has 59 heavy (non-hydrogen) atoms. The number of likely N-dealkylation sites (N-methyl/N-ethyl adjacent to an activating group) is 1. The van der Waals surface area contributed by atoms with E-state index in [1.54, 1.807) is 24.4 Å². The van der Waals surface area contributed by atoms with Gasteiger partial charge in [0.1, 0.15) is 48.6 Å². The Morgan fingerprint density at radius 3 is 2.63 bits per heavy atom. The van der Waals surface area contributed by atoms with E-state index in [2.05, 4.69) is 32.5 Å². The zero-order chi connectivity index (χ0) is 41.3. The molecule has 0 spiro atoms. The van der Waals surface area contributed by atoms with E-state index in [9.17, 15) is 23.7 Å². The number of nitrogens with zero attached hydrogens (tertiary/aromatic N) is 6. The Labute approximate surface area is 348 Å². The lowest BCUT2D eigenvalue weighted by Crippen LogP contribution is -2.54. The van der Waals surface area contributed by atoms with E-state index in [1.807, 2.05) is 34.6 Å². The van der Waals surface area contributed by atoms with Gasteiger partial charge in [-0.05, 0) is 68.5 Å².